The van der Waals surface area contributed by atoms with Crippen LogP contribution in [0.2, 0.25) is 5.02 Å². The van der Waals surface area contributed by atoms with Crippen molar-refractivity contribution in [2.75, 3.05) is 12.3 Å². The summed E-state index contributed by atoms with van der Waals surface area (Å²) in [6, 6.07) is 14.6. The highest BCUT2D eigenvalue weighted by Gasteiger charge is 2.19. The minimum atomic E-state index is -0.635. The maximum atomic E-state index is 12.5. The topological polar surface area (TPSA) is 107 Å². The molecule has 0 atom stereocenters. The van der Waals surface area contributed by atoms with Crippen molar-refractivity contribution in [3.05, 3.63) is 91.3 Å². The number of aryl methyl sites for hydroxylation is 1. The molecular weight excluding hydrogens is 428 g/mol. The highest BCUT2D eigenvalue weighted by Crippen LogP contribution is 2.22. The Morgan fingerprint density at radius 1 is 1.23 bits per heavy atom. The van der Waals surface area contributed by atoms with Gasteiger partial charge in [0.15, 0.2) is 5.69 Å². The van der Waals surface area contributed by atoms with Crippen molar-refractivity contribution in [3.8, 4) is 5.69 Å². The average molecular weight is 445 g/mol. The van der Waals surface area contributed by atoms with Gasteiger partial charge in [-0.1, -0.05) is 23.7 Å². The van der Waals surface area contributed by atoms with E-state index in [1.54, 1.807) is 25.1 Å². The molecular formula is C20H17ClN4O4S. The Morgan fingerprint density at radius 3 is 2.63 bits per heavy atom. The number of hydrogen-bond donors (Lipinski definition) is 1. The number of nitro benzene ring substituents is 1. The van der Waals surface area contributed by atoms with Crippen LogP contribution < -0.4 is 10.7 Å². The number of aromatic nitrogens is 2. The number of amides is 1. The van der Waals surface area contributed by atoms with Crippen LogP contribution in [0, 0.1) is 17.0 Å². The van der Waals surface area contributed by atoms with Gasteiger partial charge in [-0.3, -0.25) is 19.7 Å². The molecule has 0 saturated heterocycles. The van der Waals surface area contributed by atoms with Gasteiger partial charge in [0, 0.05) is 40.0 Å². The first kappa shape index (κ1) is 21.5. The molecule has 2 aromatic carbocycles. The lowest BCUT2D eigenvalue weighted by Crippen LogP contribution is -2.33. The maximum absolute atomic E-state index is 12.5. The van der Waals surface area contributed by atoms with Gasteiger partial charge in [-0.05, 0) is 37.3 Å². The van der Waals surface area contributed by atoms with Crippen LogP contribution in [-0.4, -0.2) is 32.9 Å². The number of halogens is 1. The standard InChI is InChI=1S/C20H17ClN4O4S/c1-13-12-18(26)19(23-24(13)16-4-2-3-5-17(16)25(28)29)20(27)22-10-11-30-15-8-6-14(21)7-9-15/h2-9,12H,10-11H2,1H3,(H,22,27). The van der Waals surface area contributed by atoms with Gasteiger partial charge in [-0.25, -0.2) is 4.68 Å². The van der Waals surface area contributed by atoms with Crippen LogP contribution in [-0.2, 0) is 0 Å². The number of thioether (sulfide) groups is 1. The number of carbonyl (C=O) groups excluding carboxylic acids is 1. The molecule has 0 bridgehead atoms. The summed E-state index contributed by atoms with van der Waals surface area (Å²) in [5, 5.41) is 18.7. The molecule has 0 saturated carbocycles. The first-order valence-corrected chi connectivity index (χ1v) is 10.2. The average Bonchev–Trinajstić information content (AvgIpc) is 2.72. The first-order valence-electron chi connectivity index (χ1n) is 8.88. The lowest BCUT2D eigenvalue weighted by Gasteiger charge is -2.11. The van der Waals surface area contributed by atoms with E-state index in [1.807, 2.05) is 12.1 Å². The Morgan fingerprint density at radius 2 is 1.93 bits per heavy atom. The quantitative estimate of drug-likeness (QED) is 0.258. The normalized spacial score (nSPS) is 10.6. The molecule has 0 aliphatic rings. The lowest BCUT2D eigenvalue weighted by molar-refractivity contribution is -0.384. The van der Waals surface area contributed by atoms with Crippen LogP contribution >= 0.6 is 23.4 Å². The number of carbonyl (C=O) groups is 1. The largest absolute Gasteiger partial charge is 0.350 e. The molecule has 1 amide bonds. The van der Waals surface area contributed by atoms with E-state index in [9.17, 15) is 19.7 Å². The molecule has 0 spiro atoms. The monoisotopic (exact) mass is 444 g/mol. The van der Waals surface area contributed by atoms with E-state index in [2.05, 4.69) is 10.4 Å². The number of nitrogens with zero attached hydrogens (tertiary/aromatic N) is 3. The van der Waals surface area contributed by atoms with Crippen LogP contribution in [0.25, 0.3) is 5.69 Å². The summed E-state index contributed by atoms with van der Waals surface area (Å²) in [5.74, 6) is -0.0542. The highest BCUT2D eigenvalue weighted by molar-refractivity contribution is 7.99. The zero-order valence-corrected chi connectivity index (χ0v) is 17.4. The number of para-hydroxylation sites is 2. The third kappa shape index (κ3) is 5.05. The summed E-state index contributed by atoms with van der Waals surface area (Å²) in [7, 11) is 0. The fourth-order valence-corrected chi connectivity index (χ4v) is 3.59. The molecule has 154 valence electrons. The Labute approximate surface area is 181 Å². The molecule has 1 aromatic heterocycles. The highest BCUT2D eigenvalue weighted by atomic mass is 35.5. The summed E-state index contributed by atoms with van der Waals surface area (Å²) in [6.07, 6.45) is 0. The Kier molecular flexibility index (Phi) is 6.86. The smallest absolute Gasteiger partial charge is 0.294 e. The number of hydrogen-bond acceptors (Lipinski definition) is 6. The molecule has 1 N–H and O–H groups in total. The first-order chi connectivity index (χ1) is 14.4. The van der Waals surface area contributed by atoms with Gasteiger partial charge in [0.2, 0.25) is 5.43 Å². The number of nitro groups is 1. The van der Waals surface area contributed by atoms with Crippen molar-refractivity contribution in [2.24, 2.45) is 0 Å². The van der Waals surface area contributed by atoms with Crippen LogP contribution in [0.15, 0.2) is 64.3 Å². The van der Waals surface area contributed by atoms with Gasteiger partial charge in [0.1, 0.15) is 5.69 Å². The van der Waals surface area contributed by atoms with Crippen molar-refractivity contribution >= 4 is 35.0 Å². The predicted molar refractivity (Wildman–Crippen MR) is 116 cm³/mol. The predicted octanol–water partition coefficient (Wildman–Crippen LogP) is 3.62. The van der Waals surface area contributed by atoms with Gasteiger partial charge in [-0.2, -0.15) is 5.10 Å². The summed E-state index contributed by atoms with van der Waals surface area (Å²) in [6.45, 7) is 1.90. The lowest BCUT2D eigenvalue weighted by atomic mass is 10.2. The van der Waals surface area contributed by atoms with E-state index in [1.165, 1.54) is 40.7 Å². The van der Waals surface area contributed by atoms with Crippen molar-refractivity contribution in [2.45, 2.75) is 11.8 Å². The van der Waals surface area contributed by atoms with Crippen LogP contribution in [0.3, 0.4) is 0 Å². The number of benzene rings is 2. The van der Waals surface area contributed by atoms with Crippen molar-refractivity contribution < 1.29 is 9.72 Å². The molecule has 3 rings (SSSR count). The van der Waals surface area contributed by atoms with Gasteiger partial charge in [0.05, 0.1) is 4.92 Å². The van der Waals surface area contributed by atoms with E-state index in [0.29, 0.717) is 23.0 Å². The van der Waals surface area contributed by atoms with Crippen molar-refractivity contribution in [1.29, 1.82) is 0 Å². The van der Waals surface area contributed by atoms with Crippen molar-refractivity contribution in [1.82, 2.24) is 15.1 Å². The zero-order valence-electron chi connectivity index (χ0n) is 15.9. The second-order valence-corrected chi connectivity index (χ2v) is 7.82. The number of nitrogens with one attached hydrogen (secondary N) is 1. The van der Waals surface area contributed by atoms with Crippen molar-refractivity contribution in [3.63, 3.8) is 0 Å². The Hall–Kier alpha value is -3.17. The third-order valence-electron chi connectivity index (χ3n) is 4.10. The summed E-state index contributed by atoms with van der Waals surface area (Å²) < 4.78 is 1.23. The second-order valence-electron chi connectivity index (χ2n) is 6.21. The molecule has 8 nitrogen and oxygen atoms in total. The summed E-state index contributed by atoms with van der Waals surface area (Å²) >= 11 is 7.38. The van der Waals surface area contributed by atoms with E-state index in [-0.39, 0.29) is 17.1 Å². The molecule has 1 heterocycles. The molecule has 0 aliphatic carbocycles. The molecule has 3 aromatic rings. The fraction of sp³-hybridized carbons (Fsp3) is 0.150. The molecule has 30 heavy (non-hydrogen) atoms. The van der Waals surface area contributed by atoms with Gasteiger partial charge in [0.25, 0.3) is 11.6 Å². The second kappa shape index (κ2) is 9.55. The third-order valence-corrected chi connectivity index (χ3v) is 5.36. The van der Waals surface area contributed by atoms with E-state index < -0.39 is 16.3 Å². The van der Waals surface area contributed by atoms with Crippen LogP contribution in [0.1, 0.15) is 16.2 Å². The van der Waals surface area contributed by atoms with E-state index in [0.717, 1.165) is 4.90 Å². The SMILES string of the molecule is Cc1cc(=O)c(C(=O)NCCSc2ccc(Cl)cc2)nn1-c1ccccc1[N+](=O)[O-]. The zero-order chi connectivity index (χ0) is 21.7. The van der Waals surface area contributed by atoms with Crippen LogP contribution in [0.4, 0.5) is 5.69 Å². The molecule has 0 fully saturated rings. The molecule has 0 unspecified atom stereocenters. The minimum absolute atomic E-state index is 0.173. The molecule has 0 radical (unpaired) electrons. The fourth-order valence-electron chi connectivity index (χ4n) is 2.69. The van der Waals surface area contributed by atoms with Crippen LogP contribution in [0.5, 0.6) is 0 Å². The van der Waals surface area contributed by atoms with E-state index in [4.69, 9.17) is 11.6 Å². The van der Waals surface area contributed by atoms with E-state index >= 15 is 0 Å². The molecule has 0 aliphatic heterocycles. The number of rotatable bonds is 7. The molecule has 10 heteroatoms. The Bertz CT molecular complexity index is 1150. The summed E-state index contributed by atoms with van der Waals surface area (Å²) in [5.41, 5.74) is -0.501. The maximum Gasteiger partial charge on any atom is 0.294 e. The summed E-state index contributed by atoms with van der Waals surface area (Å²) in [4.78, 5) is 36.5. The van der Waals surface area contributed by atoms with Gasteiger partial charge >= 0.3 is 0 Å². The minimum Gasteiger partial charge on any atom is -0.350 e. The Balaban J connectivity index is 1.75. The van der Waals surface area contributed by atoms with Gasteiger partial charge in [-0.15, -0.1) is 11.8 Å². The van der Waals surface area contributed by atoms with Gasteiger partial charge < -0.3 is 5.32 Å².